The summed E-state index contributed by atoms with van der Waals surface area (Å²) in [5, 5.41) is 11.8. The zero-order chi connectivity index (χ0) is 14.7. The Labute approximate surface area is 125 Å². The van der Waals surface area contributed by atoms with Gasteiger partial charge >= 0.3 is 5.69 Å². The van der Waals surface area contributed by atoms with E-state index in [1.807, 2.05) is 32.0 Å². The summed E-state index contributed by atoms with van der Waals surface area (Å²) in [7, 11) is 0. The summed E-state index contributed by atoms with van der Waals surface area (Å²) in [5.74, 6) is 0.886. The lowest BCUT2D eigenvalue weighted by molar-refractivity contribution is -0.385. The SMILES string of the molecule is Cc1ccc(Oc2ccc(CBr)cc2C)c([N+](=O)[O-])c1. The molecule has 0 N–H and O–H groups in total. The van der Waals surface area contributed by atoms with Gasteiger partial charge in [-0.15, -0.1) is 0 Å². The highest BCUT2D eigenvalue weighted by molar-refractivity contribution is 9.08. The van der Waals surface area contributed by atoms with Crippen molar-refractivity contribution in [3.63, 3.8) is 0 Å². The summed E-state index contributed by atoms with van der Waals surface area (Å²) in [6.07, 6.45) is 0. The summed E-state index contributed by atoms with van der Waals surface area (Å²) >= 11 is 3.39. The Balaban J connectivity index is 2.37. The van der Waals surface area contributed by atoms with Crippen LogP contribution in [-0.4, -0.2) is 4.92 Å². The molecule has 0 fully saturated rings. The number of nitrogens with zero attached hydrogens (tertiary/aromatic N) is 1. The normalized spacial score (nSPS) is 10.3. The molecule has 0 saturated heterocycles. The van der Waals surface area contributed by atoms with Crippen molar-refractivity contribution in [1.82, 2.24) is 0 Å². The van der Waals surface area contributed by atoms with Crippen LogP contribution in [0.3, 0.4) is 0 Å². The smallest absolute Gasteiger partial charge is 0.311 e. The Morgan fingerprint density at radius 3 is 2.45 bits per heavy atom. The third-order valence-electron chi connectivity index (χ3n) is 2.92. The van der Waals surface area contributed by atoms with Gasteiger partial charge in [-0.05, 0) is 42.7 Å². The first-order chi connectivity index (χ1) is 9.51. The molecule has 5 heteroatoms. The zero-order valence-electron chi connectivity index (χ0n) is 11.2. The topological polar surface area (TPSA) is 52.4 Å². The highest BCUT2D eigenvalue weighted by atomic mass is 79.9. The van der Waals surface area contributed by atoms with Crippen LogP contribution in [0.1, 0.15) is 16.7 Å². The quantitative estimate of drug-likeness (QED) is 0.453. The van der Waals surface area contributed by atoms with Crippen LogP contribution >= 0.6 is 15.9 Å². The molecule has 0 spiro atoms. The molecule has 0 aromatic heterocycles. The molecule has 20 heavy (non-hydrogen) atoms. The molecule has 0 heterocycles. The minimum Gasteiger partial charge on any atom is -0.450 e. The maximum atomic E-state index is 11.1. The van der Waals surface area contributed by atoms with Gasteiger partial charge in [0.15, 0.2) is 0 Å². The molecular formula is C15H14BrNO3. The van der Waals surface area contributed by atoms with E-state index in [0.717, 1.165) is 22.0 Å². The second-order valence-electron chi connectivity index (χ2n) is 4.56. The van der Waals surface area contributed by atoms with Gasteiger partial charge in [0.2, 0.25) is 5.75 Å². The number of rotatable bonds is 4. The number of nitro groups is 1. The van der Waals surface area contributed by atoms with Crippen molar-refractivity contribution in [3.8, 4) is 11.5 Å². The Kier molecular flexibility index (Phi) is 4.39. The molecule has 0 aliphatic carbocycles. The second-order valence-corrected chi connectivity index (χ2v) is 5.12. The molecule has 0 aliphatic heterocycles. The predicted octanol–water partition coefficient (Wildman–Crippen LogP) is 4.90. The average Bonchev–Trinajstić information content (AvgIpc) is 2.42. The molecule has 0 atom stereocenters. The number of hydrogen-bond donors (Lipinski definition) is 0. The summed E-state index contributed by atoms with van der Waals surface area (Å²) in [6, 6.07) is 10.7. The molecule has 0 bridgehead atoms. The van der Waals surface area contributed by atoms with Gasteiger partial charge in [-0.1, -0.05) is 34.1 Å². The first kappa shape index (κ1) is 14.5. The van der Waals surface area contributed by atoms with Crippen LogP contribution < -0.4 is 4.74 Å². The van der Waals surface area contributed by atoms with Gasteiger partial charge in [0.25, 0.3) is 0 Å². The fourth-order valence-electron chi connectivity index (χ4n) is 1.88. The van der Waals surface area contributed by atoms with E-state index in [1.54, 1.807) is 12.1 Å². The highest BCUT2D eigenvalue weighted by Crippen LogP contribution is 2.33. The lowest BCUT2D eigenvalue weighted by atomic mass is 10.1. The molecule has 104 valence electrons. The van der Waals surface area contributed by atoms with E-state index in [-0.39, 0.29) is 11.4 Å². The van der Waals surface area contributed by atoms with Gasteiger partial charge in [-0.2, -0.15) is 0 Å². The molecule has 2 rings (SSSR count). The molecule has 4 nitrogen and oxygen atoms in total. The molecule has 0 saturated carbocycles. The summed E-state index contributed by atoms with van der Waals surface area (Å²) in [4.78, 5) is 10.6. The van der Waals surface area contributed by atoms with Gasteiger partial charge < -0.3 is 4.74 Å². The number of aryl methyl sites for hydroxylation is 2. The van der Waals surface area contributed by atoms with Gasteiger partial charge in [-0.3, -0.25) is 10.1 Å². The number of halogens is 1. The fraction of sp³-hybridized carbons (Fsp3) is 0.200. The molecule has 2 aromatic carbocycles. The van der Waals surface area contributed by atoms with E-state index in [0.29, 0.717) is 5.75 Å². The molecule has 0 aliphatic rings. The number of alkyl halides is 1. The van der Waals surface area contributed by atoms with Crippen LogP contribution in [0.4, 0.5) is 5.69 Å². The standard InChI is InChI=1S/C15H14BrNO3/c1-10-3-5-15(13(7-10)17(18)19)20-14-6-4-12(9-16)8-11(14)2/h3-8H,9H2,1-2H3. The largest absolute Gasteiger partial charge is 0.450 e. The van der Waals surface area contributed by atoms with Gasteiger partial charge in [0.05, 0.1) is 4.92 Å². The second kappa shape index (κ2) is 6.05. The Morgan fingerprint density at radius 2 is 1.85 bits per heavy atom. The number of ether oxygens (including phenoxy) is 1. The van der Waals surface area contributed by atoms with Crippen molar-refractivity contribution < 1.29 is 9.66 Å². The molecule has 0 radical (unpaired) electrons. The Hall–Kier alpha value is -1.88. The van der Waals surface area contributed by atoms with E-state index >= 15 is 0 Å². The molecule has 0 unspecified atom stereocenters. The lowest BCUT2D eigenvalue weighted by Crippen LogP contribution is -1.95. The fourth-order valence-corrected chi connectivity index (χ4v) is 2.23. The lowest BCUT2D eigenvalue weighted by Gasteiger charge is -2.10. The Morgan fingerprint density at radius 1 is 1.15 bits per heavy atom. The number of benzene rings is 2. The number of nitro benzene ring substituents is 1. The number of hydrogen-bond acceptors (Lipinski definition) is 3. The minimum absolute atomic E-state index is 0.0195. The summed E-state index contributed by atoms with van der Waals surface area (Å²) < 4.78 is 5.70. The molecule has 0 amide bonds. The molecular weight excluding hydrogens is 322 g/mol. The monoisotopic (exact) mass is 335 g/mol. The van der Waals surface area contributed by atoms with Gasteiger partial charge in [0.1, 0.15) is 5.75 Å². The summed E-state index contributed by atoms with van der Waals surface area (Å²) in [6.45, 7) is 3.73. The van der Waals surface area contributed by atoms with Crippen molar-refractivity contribution in [2.75, 3.05) is 0 Å². The van der Waals surface area contributed by atoms with E-state index in [1.165, 1.54) is 6.07 Å². The van der Waals surface area contributed by atoms with Crippen LogP contribution in [0, 0.1) is 24.0 Å². The van der Waals surface area contributed by atoms with Crippen LogP contribution in [0.15, 0.2) is 36.4 Å². The highest BCUT2D eigenvalue weighted by Gasteiger charge is 2.16. The van der Waals surface area contributed by atoms with Crippen LogP contribution in [-0.2, 0) is 5.33 Å². The van der Waals surface area contributed by atoms with Crippen molar-refractivity contribution in [1.29, 1.82) is 0 Å². The maximum absolute atomic E-state index is 11.1. The van der Waals surface area contributed by atoms with Crippen molar-refractivity contribution in [2.24, 2.45) is 0 Å². The first-order valence-corrected chi connectivity index (χ1v) is 7.22. The van der Waals surface area contributed by atoms with E-state index < -0.39 is 4.92 Å². The maximum Gasteiger partial charge on any atom is 0.311 e. The van der Waals surface area contributed by atoms with Crippen LogP contribution in [0.5, 0.6) is 11.5 Å². The summed E-state index contributed by atoms with van der Waals surface area (Å²) in [5.41, 5.74) is 2.88. The predicted molar refractivity (Wildman–Crippen MR) is 81.7 cm³/mol. The van der Waals surface area contributed by atoms with Crippen molar-refractivity contribution >= 4 is 21.6 Å². The van der Waals surface area contributed by atoms with Gasteiger partial charge in [0, 0.05) is 11.4 Å². The van der Waals surface area contributed by atoms with Gasteiger partial charge in [-0.25, -0.2) is 0 Å². The van der Waals surface area contributed by atoms with E-state index in [4.69, 9.17) is 4.74 Å². The van der Waals surface area contributed by atoms with Crippen molar-refractivity contribution in [2.45, 2.75) is 19.2 Å². The Bertz CT molecular complexity index is 656. The first-order valence-electron chi connectivity index (χ1n) is 6.09. The van der Waals surface area contributed by atoms with Crippen LogP contribution in [0.25, 0.3) is 0 Å². The zero-order valence-corrected chi connectivity index (χ0v) is 12.8. The third kappa shape index (κ3) is 3.17. The molecule has 2 aromatic rings. The van der Waals surface area contributed by atoms with E-state index in [9.17, 15) is 10.1 Å². The van der Waals surface area contributed by atoms with Crippen LogP contribution in [0.2, 0.25) is 0 Å². The van der Waals surface area contributed by atoms with E-state index in [2.05, 4.69) is 15.9 Å². The van der Waals surface area contributed by atoms with Crippen molar-refractivity contribution in [3.05, 3.63) is 63.2 Å². The minimum atomic E-state index is -0.426. The third-order valence-corrected chi connectivity index (χ3v) is 3.57. The average molecular weight is 336 g/mol.